The maximum Gasteiger partial charge on any atom is 0.407 e. The average Bonchev–Trinajstić information content (AvgIpc) is 3.15. The van der Waals surface area contributed by atoms with Gasteiger partial charge in [0, 0.05) is 19.0 Å². The number of nitrogens with zero attached hydrogens (tertiary/aromatic N) is 2. The summed E-state index contributed by atoms with van der Waals surface area (Å²) in [6.07, 6.45) is -0.370. The fourth-order valence-electron chi connectivity index (χ4n) is 4.57. The van der Waals surface area contributed by atoms with Crippen LogP contribution in [0, 0.1) is 0 Å². The van der Waals surface area contributed by atoms with Crippen molar-refractivity contribution in [1.29, 1.82) is 0 Å². The first-order valence-corrected chi connectivity index (χ1v) is 11.3. The third-order valence-electron chi connectivity index (χ3n) is 6.30. The zero-order valence-electron chi connectivity index (χ0n) is 18.9. The van der Waals surface area contributed by atoms with Gasteiger partial charge in [0.1, 0.15) is 19.2 Å². The maximum absolute atomic E-state index is 12.9. The molecule has 0 spiro atoms. The Hall–Kier alpha value is -3.88. The monoisotopic (exact) mass is 465 g/mol. The molecule has 2 aromatic carbocycles. The average molecular weight is 466 g/mol. The summed E-state index contributed by atoms with van der Waals surface area (Å²) in [5.74, 6) is -2.01. The second kappa shape index (κ2) is 9.94. The minimum Gasteiger partial charge on any atom is -0.480 e. The van der Waals surface area contributed by atoms with E-state index >= 15 is 0 Å². The molecule has 178 valence electrons. The molecule has 0 saturated carbocycles. The molecule has 34 heavy (non-hydrogen) atoms. The van der Waals surface area contributed by atoms with Crippen LogP contribution in [0.5, 0.6) is 0 Å². The highest BCUT2D eigenvalue weighted by atomic mass is 16.5. The van der Waals surface area contributed by atoms with Crippen molar-refractivity contribution in [2.24, 2.45) is 0 Å². The topological polar surface area (TPSA) is 116 Å². The van der Waals surface area contributed by atoms with E-state index in [-0.39, 0.29) is 38.1 Å². The van der Waals surface area contributed by atoms with Crippen LogP contribution in [0.2, 0.25) is 0 Å². The summed E-state index contributed by atoms with van der Waals surface area (Å²) in [6, 6.07) is 15.2. The number of alkyl carbamates (subject to hydrolysis) is 1. The number of benzene rings is 2. The molecule has 2 aliphatic rings. The Bertz CT molecular complexity index is 1070. The van der Waals surface area contributed by atoms with E-state index in [1.165, 1.54) is 9.80 Å². The number of amides is 3. The normalized spacial score (nSPS) is 16.0. The van der Waals surface area contributed by atoms with Crippen LogP contribution in [0.3, 0.4) is 0 Å². The van der Waals surface area contributed by atoms with E-state index in [2.05, 4.69) is 17.4 Å². The third-order valence-corrected chi connectivity index (χ3v) is 6.30. The van der Waals surface area contributed by atoms with E-state index in [1.807, 2.05) is 36.4 Å². The van der Waals surface area contributed by atoms with Gasteiger partial charge in [-0.1, -0.05) is 55.5 Å². The first-order chi connectivity index (χ1) is 16.4. The van der Waals surface area contributed by atoms with Crippen molar-refractivity contribution in [1.82, 2.24) is 15.1 Å². The van der Waals surface area contributed by atoms with Gasteiger partial charge in [-0.2, -0.15) is 0 Å². The second-order valence-corrected chi connectivity index (χ2v) is 8.40. The number of carbonyl (C=O) groups is 4. The van der Waals surface area contributed by atoms with Gasteiger partial charge >= 0.3 is 12.1 Å². The molecule has 2 aromatic rings. The van der Waals surface area contributed by atoms with Crippen LogP contribution in [0.4, 0.5) is 4.79 Å². The Morgan fingerprint density at radius 3 is 2.24 bits per heavy atom. The molecular formula is C25H27N3O6. The van der Waals surface area contributed by atoms with E-state index < -0.39 is 30.6 Å². The van der Waals surface area contributed by atoms with Gasteiger partial charge in [-0.3, -0.25) is 14.4 Å². The van der Waals surface area contributed by atoms with Gasteiger partial charge in [-0.15, -0.1) is 0 Å². The van der Waals surface area contributed by atoms with Gasteiger partial charge in [0.2, 0.25) is 11.8 Å². The number of nitrogens with one attached hydrogen (secondary N) is 1. The molecule has 0 radical (unpaired) electrons. The number of carboxylic acid groups (broad SMARTS) is 1. The van der Waals surface area contributed by atoms with Crippen LogP contribution >= 0.6 is 0 Å². The summed E-state index contributed by atoms with van der Waals surface area (Å²) in [5.41, 5.74) is 4.44. The molecule has 1 aliphatic carbocycles. The molecule has 1 saturated heterocycles. The minimum atomic E-state index is -1.10. The number of rotatable bonds is 7. The third kappa shape index (κ3) is 4.73. The number of hydrogen-bond donors (Lipinski definition) is 2. The fourth-order valence-corrected chi connectivity index (χ4v) is 4.57. The lowest BCUT2D eigenvalue weighted by atomic mass is 9.98. The fraction of sp³-hybridized carbons (Fsp3) is 0.360. The van der Waals surface area contributed by atoms with Crippen molar-refractivity contribution < 1.29 is 29.0 Å². The first kappa shape index (κ1) is 23.3. The minimum absolute atomic E-state index is 0.0890. The molecule has 0 unspecified atom stereocenters. The number of piperazine rings is 1. The van der Waals surface area contributed by atoms with E-state index in [0.29, 0.717) is 6.42 Å². The van der Waals surface area contributed by atoms with Crippen molar-refractivity contribution in [3.8, 4) is 11.1 Å². The lowest BCUT2D eigenvalue weighted by molar-refractivity contribution is -0.151. The largest absolute Gasteiger partial charge is 0.480 e. The Morgan fingerprint density at radius 1 is 1.06 bits per heavy atom. The van der Waals surface area contributed by atoms with Crippen LogP contribution in [0.25, 0.3) is 11.1 Å². The Labute approximate surface area is 197 Å². The van der Waals surface area contributed by atoms with Crippen LogP contribution in [0.1, 0.15) is 30.4 Å². The molecule has 1 atom stereocenters. The first-order valence-electron chi connectivity index (χ1n) is 11.3. The standard InChI is InChI=1S/C25H27N3O6/c1-2-21(24(32)28-12-11-27(14-23(30)31)22(29)13-28)26-25(33)34-15-20-18-9-5-3-7-16(18)17-8-4-6-10-19(17)20/h3-10,20-21H,2,11-15H2,1H3,(H,26,33)(H,30,31)/t21-/m1/s1. The Morgan fingerprint density at radius 2 is 1.68 bits per heavy atom. The lowest BCUT2D eigenvalue weighted by Crippen LogP contribution is -2.57. The zero-order chi connectivity index (χ0) is 24.2. The van der Waals surface area contributed by atoms with Crippen LogP contribution in [0.15, 0.2) is 48.5 Å². The number of hydrogen-bond acceptors (Lipinski definition) is 5. The molecule has 0 bridgehead atoms. The number of ether oxygens (including phenoxy) is 1. The van der Waals surface area contributed by atoms with Gasteiger partial charge in [0.15, 0.2) is 0 Å². The van der Waals surface area contributed by atoms with E-state index in [4.69, 9.17) is 9.84 Å². The summed E-state index contributed by atoms with van der Waals surface area (Å²) >= 11 is 0. The predicted molar refractivity (Wildman–Crippen MR) is 123 cm³/mol. The molecule has 2 N–H and O–H groups in total. The van der Waals surface area contributed by atoms with Crippen molar-refractivity contribution in [2.45, 2.75) is 25.3 Å². The van der Waals surface area contributed by atoms with Gasteiger partial charge in [-0.25, -0.2) is 4.79 Å². The van der Waals surface area contributed by atoms with Crippen molar-refractivity contribution in [3.05, 3.63) is 59.7 Å². The van der Waals surface area contributed by atoms with Gasteiger partial charge in [0.05, 0.1) is 6.54 Å². The van der Waals surface area contributed by atoms with Crippen LogP contribution < -0.4 is 5.32 Å². The summed E-state index contributed by atoms with van der Waals surface area (Å²) in [7, 11) is 0. The van der Waals surface area contributed by atoms with Crippen molar-refractivity contribution in [3.63, 3.8) is 0 Å². The number of carboxylic acids is 1. The van der Waals surface area contributed by atoms with Gasteiger partial charge in [0.25, 0.3) is 0 Å². The Balaban J connectivity index is 1.35. The SMILES string of the molecule is CC[C@@H](NC(=O)OCC1c2ccccc2-c2ccccc21)C(=O)N1CCN(CC(=O)O)C(=O)C1. The highest BCUT2D eigenvalue weighted by Gasteiger charge is 2.33. The highest BCUT2D eigenvalue weighted by Crippen LogP contribution is 2.44. The predicted octanol–water partition coefficient (Wildman–Crippen LogP) is 2.06. The van der Waals surface area contributed by atoms with Crippen molar-refractivity contribution >= 4 is 23.9 Å². The maximum atomic E-state index is 12.9. The summed E-state index contributed by atoms with van der Waals surface area (Å²) in [6.45, 7) is 1.63. The molecule has 4 rings (SSSR count). The summed E-state index contributed by atoms with van der Waals surface area (Å²) < 4.78 is 5.53. The smallest absolute Gasteiger partial charge is 0.407 e. The quantitative estimate of drug-likeness (QED) is 0.647. The molecule has 3 amide bonds. The molecule has 0 aromatic heterocycles. The second-order valence-electron chi connectivity index (χ2n) is 8.40. The molecule has 1 aliphatic heterocycles. The summed E-state index contributed by atoms with van der Waals surface area (Å²) in [4.78, 5) is 51.1. The Kier molecular flexibility index (Phi) is 6.81. The van der Waals surface area contributed by atoms with Gasteiger partial charge in [-0.05, 0) is 28.7 Å². The number of fused-ring (bicyclic) bond motifs is 3. The molecular weight excluding hydrogens is 438 g/mol. The lowest BCUT2D eigenvalue weighted by Gasteiger charge is -2.35. The van der Waals surface area contributed by atoms with Gasteiger partial charge < -0.3 is 25.0 Å². The highest BCUT2D eigenvalue weighted by molar-refractivity contribution is 5.91. The van der Waals surface area contributed by atoms with E-state index in [0.717, 1.165) is 22.3 Å². The number of aliphatic carboxylic acids is 1. The van der Waals surface area contributed by atoms with E-state index in [1.54, 1.807) is 6.92 Å². The van der Waals surface area contributed by atoms with Crippen LogP contribution in [-0.2, 0) is 19.1 Å². The number of carbonyl (C=O) groups excluding carboxylic acids is 3. The molecule has 9 heteroatoms. The molecule has 9 nitrogen and oxygen atoms in total. The zero-order valence-corrected chi connectivity index (χ0v) is 18.9. The molecule has 1 fully saturated rings. The van der Waals surface area contributed by atoms with E-state index in [9.17, 15) is 19.2 Å². The molecule has 1 heterocycles. The van der Waals surface area contributed by atoms with Crippen molar-refractivity contribution in [2.75, 3.05) is 32.8 Å². The summed E-state index contributed by atoms with van der Waals surface area (Å²) in [5, 5.41) is 11.5. The van der Waals surface area contributed by atoms with Crippen LogP contribution in [-0.4, -0.2) is 77.6 Å².